The summed E-state index contributed by atoms with van der Waals surface area (Å²) in [7, 11) is 0. The van der Waals surface area contributed by atoms with Gasteiger partial charge in [-0.1, -0.05) is 19.1 Å². The van der Waals surface area contributed by atoms with E-state index in [2.05, 4.69) is 6.07 Å². The molecular weight excluding hydrogens is 293 g/mol. The molecule has 2 aromatic carbocycles. The lowest BCUT2D eigenvalue weighted by molar-refractivity contribution is 0.280. The Hall–Kier alpha value is -2.64. The van der Waals surface area contributed by atoms with Crippen LogP contribution < -0.4 is 4.74 Å². The second-order valence-corrected chi connectivity index (χ2v) is 5.40. The molecule has 0 bridgehead atoms. The van der Waals surface area contributed by atoms with E-state index < -0.39 is 0 Å². The van der Waals surface area contributed by atoms with Gasteiger partial charge in [0.05, 0.1) is 12.7 Å². The fourth-order valence-electron chi connectivity index (χ4n) is 2.87. The lowest BCUT2D eigenvalue weighted by Crippen LogP contribution is -1.98. The first kappa shape index (κ1) is 15.3. The Morgan fingerprint density at radius 3 is 2.74 bits per heavy atom. The third kappa shape index (κ3) is 2.71. The van der Waals surface area contributed by atoms with Gasteiger partial charge < -0.3 is 9.84 Å². The second-order valence-electron chi connectivity index (χ2n) is 5.40. The number of fused-ring (bicyclic) bond motifs is 2. The molecule has 1 aliphatic heterocycles. The average molecular weight is 309 g/mol. The summed E-state index contributed by atoms with van der Waals surface area (Å²) in [6.45, 7) is 2.13. The lowest BCUT2D eigenvalue weighted by atomic mass is 9.89. The number of benzene rings is 2. The molecule has 0 fully saturated rings. The molecule has 23 heavy (non-hydrogen) atoms. The van der Waals surface area contributed by atoms with Crippen LogP contribution in [0.4, 0.5) is 4.39 Å². The minimum absolute atomic E-state index is 0.0627. The molecule has 2 aromatic rings. The molecule has 4 heteroatoms. The number of rotatable bonds is 2. The van der Waals surface area contributed by atoms with Crippen molar-refractivity contribution in [2.45, 2.75) is 26.6 Å². The maximum Gasteiger partial charge on any atom is 0.130 e. The number of ether oxygens (including phenoxy) is 1. The molecule has 1 N–H and O–H groups in total. The number of allylic oxidation sites excluding steroid dienone is 1. The van der Waals surface area contributed by atoms with Crippen molar-refractivity contribution >= 4 is 5.57 Å². The van der Waals surface area contributed by atoms with Gasteiger partial charge in [0, 0.05) is 22.8 Å². The molecule has 0 unspecified atom stereocenters. The maximum absolute atomic E-state index is 13.6. The summed E-state index contributed by atoms with van der Waals surface area (Å²) >= 11 is 0. The molecule has 0 spiro atoms. The molecule has 0 aliphatic carbocycles. The fourth-order valence-corrected chi connectivity index (χ4v) is 2.87. The summed E-state index contributed by atoms with van der Waals surface area (Å²) in [5, 5.41) is 18.8. The fraction of sp³-hybridized carbons (Fsp3) is 0.211. The van der Waals surface area contributed by atoms with Gasteiger partial charge in [-0.3, -0.25) is 0 Å². The van der Waals surface area contributed by atoms with Crippen LogP contribution in [0.1, 0.15) is 35.6 Å². The molecule has 116 valence electrons. The van der Waals surface area contributed by atoms with Crippen LogP contribution >= 0.6 is 0 Å². The average Bonchev–Trinajstić information content (AvgIpc) is 2.73. The summed E-state index contributed by atoms with van der Waals surface area (Å²) in [5.74, 6) is 0.0584. The summed E-state index contributed by atoms with van der Waals surface area (Å²) in [6.07, 6.45) is 0.573. The molecule has 0 atom stereocenters. The predicted octanol–water partition coefficient (Wildman–Crippen LogP) is 3.95. The first-order valence-electron chi connectivity index (χ1n) is 7.47. The van der Waals surface area contributed by atoms with Gasteiger partial charge in [-0.2, -0.15) is 5.26 Å². The topological polar surface area (TPSA) is 53.2 Å². The SMILES string of the molecule is CC/C(C#N)=C1\c2ccc(CO)cc2COc2cc(F)ccc21. The van der Waals surface area contributed by atoms with E-state index in [0.29, 0.717) is 17.7 Å². The van der Waals surface area contributed by atoms with Gasteiger partial charge in [0.25, 0.3) is 0 Å². The third-order valence-electron chi connectivity index (χ3n) is 4.01. The highest BCUT2D eigenvalue weighted by atomic mass is 19.1. The summed E-state index contributed by atoms with van der Waals surface area (Å²) in [6, 6.07) is 12.2. The largest absolute Gasteiger partial charge is 0.488 e. The molecule has 0 saturated heterocycles. The van der Waals surface area contributed by atoms with Gasteiger partial charge in [0.2, 0.25) is 0 Å². The quantitative estimate of drug-likeness (QED) is 0.855. The van der Waals surface area contributed by atoms with Crippen molar-refractivity contribution in [3.05, 3.63) is 70.0 Å². The van der Waals surface area contributed by atoms with E-state index in [1.165, 1.54) is 12.1 Å². The van der Waals surface area contributed by atoms with E-state index in [1.807, 2.05) is 25.1 Å². The number of nitriles is 1. The van der Waals surface area contributed by atoms with Crippen LogP contribution in [0, 0.1) is 17.1 Å². The third-order valence-corrected chi connectivity index (χ3v) is 4.01. The van der Waals surface area contributed by atoms with E-state index in [9.17, 15) is 14.8 Å². The number of aliphatic hydroxyl groups excluding tert-OH is 1. The molecule has 3 rings (SSSR count). The van der Waals surface area contributed by atoms with Crippen molar-refractivity contribution in [2.75, 3.05) is 0 Å². The van der Waals surface area contributed by atoms with Crippen molar-refractivity contribution in [1.82, 2.24) is 0 Å². The van der Waals surface area contributed by atoms with E-state index in [1.54, 1.807) is 6.07 Å². The standard InChI is InChI=1S/C19H16FNO2/c1-2-13(9-21)19-16-5-3-12(10-22)7-14(16)11-23-18-8-15(20)4-6-17(18)19/h3-8,22H,2,10-11H2,1H3/b19-13-. The minimum Gasteiger partial charge on any atom is -0.488 e. The molecule has 0 aromatic heterocycles. The Morgan fingerprint density at radius 1 is 1.26 bits per heavy atom. The van der Waals surface area contributed by atoms with E-state index >= 15 is 0 Å². The van der Waals surface area contributed by atoms with Crippen molar-refractivity contribution in [3.8, 4) is 11.8 Å². The van der Waals surface area contributed by atoms with Crippen LogP contribution in [0.2, 0.25) is 0 Å². The van der Waals surface area contributed by atoms with Crippen LogP contribution in [-0.4, -0.2) is 5.11 Å². The van der Waals surface area contributed by atoms with Crippen LogP contribution in [0.15, 0.2) is 42.0 Å². The number of nitrogens with zero attached hydrogens (tertiary/aromatic N) is 1. The molecule has 0 radical (unpaired) electrons. The second kappa shape index (κ2) is 6.23. The van der Waals surface area contributed by atoms with Gasteiger partial charge in [0.15, 0.2) is 0 Å². The van der Waals surface area contributed by atoms with E-state index in [0.717, 1.165) is 27.8 Å². The highest BCUT2D eigenvalue weighted by molar-refractivity contribution is 5.88. The number of halogens is 1. The van der Waals surface area contributed by atoms with Crippen molar-refractivity contribution < 1.29 is 14.2 Å². The Bertz CT molecular complexity index is 834. The van der Waals surface area contributed by atoms with Gasteiger partial charge in [-0.15, -0.1) is 0 Å². The maximum atomic E-state index is 13.6. The van der Waals surface area contributed by atoms with Gasteiger partial charge in [-0.05, 0) is 41.3 Å². The smallest absolute Gasteiger partial charge is 0.130 e. The van der Waals surface area contributed by atoms with Gasteiger partial charge in [-0.25, -0.2) is 4.39 Å². The van der Waals surface area contributed by atoms with Crippen LogP contribution in [0.3, 0.4) is 0 Å². The highest BCUT2D eigenvalue weighted by Gasteiger charge is 2.22. The van der Waals surface area contributed by atoms with Crippen molar-refractivity contribution in [1.29, 1.82) is 5.26 Å². The predicted molar refractivity (Wildman–Crippen MR) is 85.0 cm³/mol. The van der Waals surface area contributed by atoms with E-state index in [4.69, 9.17) is 4.74 Å². The normalized spacial score (nSPS) is 14.9. The molecule has 3 nitrogen and oxygen atoms in total. The zero-order valence-electron chi connectivity index (χ0n) is 12.8. The van der Waals surface area contributed by atoms with Gasteiger partial charge >= 0.3 is 0 Å². The number of aliphatic hydroxyl groups is 1. The van der Waals surface area contributed by atoms with E-state index in [-0.39, 0.29) is 19.0 Å². The Labute approximate surface area is 134 Å². The Morgan fingerprint density at radius 2 is 2.04 bits per heavy atom. The minimum atomic E-state index is -0.375. The molecular formula is C19H16FNO2. The monoisotopic (exact) mass is 309 g/mol. The molecule has 1 aliphatic rings. The van der Waals surface area contributed by atoms with Crippen molar-refractivity contribution in [3.63, 3.8) is 0 Å². The first-order chi connectivity index (χ1) is 11.2. The molecule has 0 saturated carbocycles. The van der Waals surface area contributed by atoms with Gasteiger partial charge in [0.1, 0.15) is 18.2 Å². The van der Waals surface area contributed by atoms with Crippen molar-refractivity contribution in [2.24, 2.45) is 0 Å². The molecule has 1 heterocycles. The van der Waals surface area contributed by atoms with Crippen LogP contribution in [0.5, 0.6) is 5.75 Å². The lowest BCUT2D eigenvalue weighted by Gasteiger charge is -2.13. The zero-order chi connectivity index (χ0) is 16.4. The summed E-state index contributed by atoms with van der Waals surface area (Å²) in [4.78, 5) is 0. The first-order valence-corrected chi connectivity index (χ1v) is 7.47. The Balaban J connectivity index is 2.32. The van der Waals surface area contributed by atoms with Crippen LogP contribution in [-0.2, 0) is 13.2 Å². The number of hydrogen-bond donors (Lipinski definition) is 1. The van der Waals surface area contributed by atoms with Crippen LogP contribution in [0.25, 0.3) is 5.57 Å². The zero-order valence-corrected chi connectivity index (χ0v) is 12.8. The summed E-state index contributed by atoms with van der Waals surface area (Å²) < 4.78 is 19.3. The molecule has 0 amide bonds. The number of hydrogen-bond acceptors (Lipinski definition) is 3. The highest BCUT2D eigenvalue weighted by Crippen LogP contribution is 2.39. The Kier molecular flexibility index (Phi) is 4.14. The summed E-state index contributed by atoms with van der Waals surface area (Å²) in [5.41, 5.74) is 4.68.